The van der Waals surface area contributed by atoms with Crippen molar-refractivity contribution < 1.29 is 23.8 Å². The molecule has 2 aromatic heterocycles. The predicted octanol–water partition coefficient (Wildman–Crippen LogP) is 3.09. The molecule has 0 fully saturated rings. The van der Waals surface area contributed by atoms with E-state index in [1.165, 1.54) is 19.3 Å². The van der Waals surface area contributed by atoms with Crippen molar-refractivity contribution in [1.82, 2.24) is 4.98 Å². The molecule has 0 aliphatic carbocycles. The summed E-state index contributed by atoms with van der Waals surface area (Å²) in [6.45, 7) is 1.19. The van der Waals surface area contributed by atoms with E-state index in [0.717, 1.165) is 0 Å². The molecular weight excluding hydrogens is 368 g/mol. The fraction of sp³-hybridized carbons (Fsp3) is 0.267. The quantitative estimate of drug-likeness (QED) is 0.587. The lowest BCUT2D eigenvalue weighted by atomic mass is 10.2. The van der Waals surface area contributed by atoms with Gasteiger partial charge < -0.3 is 14.3 Å². The molecule has 0 aromatic carbocycles. The maximum Gasteiger partial charge on any atom is 0.308 e. The molecule has 0 aliphatic rings. The smallest absolute Gasteiger partial charge is 0.308 e. The highest BCUT2D eigenvalue weighted by Crippen LogP contribution is 2.46. The van der Waals surface area contributed by atoms with Gasteiger partial charge in [0.1, 0.15) is 0 Å². The molecular formula is C15H15BrN2O5. The van der Waals surface area contributed by atoms with Gasteiger partial charge >= 0.3 is 5.97 Å². The maximum absolute atomic E-state index is 11.8. The van der Waals surface area contributed by atoms with Gasteiger partial charge in [0.05, 0.1) is 0 Å². The number of aromatic hydroxyl groups is 1. The molecule has 0 bridgehead atoms. The number of ether oxygens (including phenoxy) is 1. The summed E-state index contributed by atoms with van der Waals surface area (Å²) in [5.74, 6) is -1.55. The number of anilines is 1. The number of hydrogen-bond donors (Lipinski definition) is 2. The van der Waals surface area contributed by atoms with Crippen LogP contribution >= 0.6 is 15.9 Å². The molecule has 0 radical (unpaired) electrons. The fourth-order valence-electron chi connectivity index (χ4n) is 1.84. The second-order valence-electron chi connectivity index (χ2n) is 4.61. The van der Waals surface area contributed by atoms with E-state index in [1.807, 2.05) is 0 Å². The van der Waals surface area contributed by atoms with Crippen LogP contribution < -0.4 is 10.1 Å². The Kier molecular flexibility index (Phi) is 5.75. The van der Waals surface area contributed by atoms with E-state index < -0.39 is 5.97 Å². The molecule has 2 aromatic rings. The summed E-state index contributed by atoms with van der Waals surface area (Å²) in [6.07, 6.45) is 3.95. The standard InChI is InChI=1S/C15H15BrN2O5/c1-9(19)22-14-12(21)13(10-4-7-17-8-5-10)23-15(14)18-11(20)3-2-6-16/h4-5,7-8,21H,2-3,6H2,1H3,(H,18,20). The van der Waals surface area contributed by atoms with Crippen LogP contribution in [0, 0.1) is 0 Å². The summed E-state index contributed by atoms with van der Waals surface area (Å²) in [4.78, 5) is 26.9. The number of rotatable bonds is 6. The first-order valence-electron chi connectivity index (χ1n) is 6.83. The third kappa shape index (κ3) is 4.32. The minimum Gasteiger partial charge on any atom is -0.502 e. The van der Waals surface area contributed by atoms with Gasteiger partial charge in [-0.2, -0.15) is 0 Å². The highest BCUT2D eigenvalue weighted by molar-refractivity contribution is 9.09. The Hall–Kier alpha value is -2.35. The number of hydrogen-bond acceptors (Lipinski definition) is 6. The Morgan fingerprint density at radius 2 is 2.09 bits per heavy atom. The topological polar surface area (TPSA) is 102 Å². The van der Waals surface area contributed by atoms with Crippen LogP contribution in [0.4, 0.5) is 5.88 Å². The molecule has 0 spiro atoms. The molecule has 0 aliphatic heterocycles. The summed E-state index contributed by atoms with van der Waals surface area (Å²) in [5, 5.41) is 13.4. The highest BCUT2D eigenvalue weighted by atomic mass is 79.9. The number of esters is 1. The fourth-order valence-corrected chi connectivity index (χ4v) is 2.12. The van der Waals surface area contributed by atoms with Crippen LogP contribution in [0.1, 0.15) is 19.8 Å². The summed E-state index contributed by atoms with van der Waals surface area (Å²) >= 11 is 3.24. The van der Waals surface area contributed by atoms with Gasteiger partial charge in [-0.05, 0) is 18.6 Å². The van der Waals surface area contributed by atoms with Gasteiger partial charge in [-0.25, -0.2) is 0 Å². The van der Waals surface area contributed by atoms with E-state index in [9.17, 15) is 14.7 Å². The van der Waals surface area contributed by atoms with Crippen molar-refractivity contribution in [3.05, 3.63) is 24.5 Å². The molecule has 1 amide bonds. The zero-order valence-corrected chi connectivity index (χ0v) is 13.9. The van der Waals surface area contributed by atoms with Crippen LogP contribution in [0.15, 0.2) is 28.9 Å². The molecule has 0 unspecified atom stereocenters. The summed E-state index contributed by atoms with van der Waals surface area (Å²) in [6, 6.07) is 3.24. The van der Waals surface area contributed by atoms with Crippen LogP contribution in [0.3, 0.4) is 0 Å². The second kappa shape index (κ2) is 7.77. The Bertz CT molecular complexity index is 699. The average Bonchev–Trinajstić information content (AvgIpc) is 2.82. The normalized spacial score (nSPS) is 10.3. The zero-order chi connectivity index (χ0) is 16.8. The number of furan rings is 1. The van der Waals surface area contributed by atoms with Crippen LogP contribution in [0.5, 0.6) is 11.5 Å². The molecule has 0 saturated carbocycles. The minimum absolute atomic E-state index is 0.0828. The predicted molar refractivity (Wildman–Crippen MR) is 86.6 cm³/mol. The number of aromatic nitrogens is 1. The van der Waals surface area contributed by atoms with Crippen molar-refractivity contribution in [3.63, 3.8) is 0 Å². The lowest BCUT2D eigenvalue weighted by Gasteiger charge is -2.04. The largest absolute Gasteiger partial charge is 0.502 e. The number of pyridine rings is 1. The Balaban J connectivity index is 2.36. The number of amides is 1. The van der Waals surface area contributed by atoms with E-state index in [1.54, 1.807) is 12.1 Å². The third-order valence-corrected chi connectivity index (χ3v) is 3.38. The lowest BCUT2D eigenvalue weighted by molar-refractivity contribution is -0.132. The van der Waals surface area contributed by atoms with E-state index >= 15 is 0 Å². The van der Waals surface area contributed by atoms with Crippen LogP contribution in [0.2, 0.25) is 0 Å². The number of carbonyl (C=O) groups is 2. The van der Waals surface area contributed by atoms with Crippen molar-refractivity contribution in [3.8, 4) is 22.8 Å². The first kappa shape index (κ1) is 17.0. The van der Waals surface area contributed by atoms with Gasteiger partial charge in [-0.3, -0.25) is 19.9 Å². The summed E-state index contributed by atoms with van der Waals surface area (Å²) < 4.78 is 10.4. The maximum atomic E-state index is 11.8. The molecule has 2 heterocycles. The zero-order valence-electron chi connectivity index (χ0n) is 12.3. The van der Waals surface area contributed by atoms with Crippen molar-refractivity contribution in [2.75, 3.05) is 10.6 Å². The van der Waals surface area contributed by atoms with Crippen molar-refractivity contribution in [2.45, 2.75) is 19.8 Å². The van der Waals surface area contributed by atoms with Gasteiger partial charge in [-0.15, -0.1) is 0 Å². The van der Waals surface area contributed by atoms with Crippen molar-refractivity contribution in [2.24, 2.45) is 0 Å². The Labute approximate surface area is 140 Å². The Morgan fingerprint density at radius 1 is 1.39 bits per heavy atom. The molecule has 2 rings (SSSR count). The molecule has 122 valence electrons. The second-order valence-corrected chi connectivity index (χ2v) is 5.40. The van der Waals surface area contributed by atoms with E-state index in [4.69, 9.17) is 9.15 Å². The SMILES string of the molecule is CC(=O)Oc1c(NC(=O)CCCBr)oc(-c2ccncc2)c1O. The average molecular weight is 383 g/mol. The monoisotopic (exact) mass is 382 g/mol. The van der Waals surface area contributed by atoms with Crippen molar-refractivity contribution >= 4 is 33.7 Å². The lowest BCUT2D eigenvalue weighted by Crippen LogP contribution is -2.12. The van der Waals surface area contributed by atoms with Crippen LogP contribution in [-0.2, 0) is 9.59 Å². The number of halogens is 1. The first-order chi connectivity index (χ1) is 11.0. The summed E-state index contributed by atoms with van der Waals surface area (Å²) in [7, 11) is 0. The van der Waals surface area contributed by atoms with Crippen molar-refractivity contribution in [1.29, 1.82) is 0 Å². The molecule has 0 saturated heterocycles. The molecule has 23 heavy (non-hydrogen) atoms. The molecule has 7 nitrogen and oxygen atoms in total. The molecule has 0 atom stereocenters. The highest BCUT2D eigenvalue weighted by Gasteiger charge is 2.25. The molecule has 2 N–H and O–H groups in total. The third-order valence-electron chi connectivity index (χ3n) is 2.82. The van der Waals surface area contributed by atoms with Gasteiger partial charge in [0.2, 0.25) is 23.3 Å². The number of alkyl halides is 1. The minimum atomic E-state index is -0.640. The van der Waals surface area contributed by atoms with Gasteiger partial charge in [0, 0.05) is 36.6 Å². The molecule has 8 heteroatoms. The number of nitrogens with zero attached hydrogens (tertiary/aromatic N) is 1. The first-order valence-corrected chi connectivity index (χ1v) is 7.95. The Morgan fingerprint density at radius 3 is 2.70 bits per heavy atom. The van der Waals surface area contributed by atoms with Gasteiger partial charge in [0.25, 0.3) is 0 Å². The van der Waals surface area contributed by atoms with Crippen LogP contribution in [0.25, 0.3) is 11.3 Å². The number of nitrogens with one attached hydrogen (secondary N) is 1. The summed E-state index contributed by atoms with van der Waals surface area (Å²) in [5.41, 5.74) is 0.534. The van der Waals surface area contributed by atoms with Crippen LogP contribution in [-0.4, -0.2) is 27.3 Å². The van der Waals surface area contributed by atoms with E-state index in [-0.39, 0.29) is 35.5 Å². The number of carbonyl (C=O) groups excluding carboxylic acids is 2. The van der Waals surface area contributed by atoms with Gasteiger partial charge in [0.15, 0.2) is 5.76 Å². The van der Waals surface area contributed by atoms with E-state index in [2.05, 4.69) is 26.2 Å². The van der Waals surface area contributed by atoms with Gasteiger partial charge in [-0.1, -0.05) is 15.9 Å². The van der Waals surface area contributed by atoms with E-state index in [0.29, 0.717) is 17.3 Å².